The summed E-state index contributed by atoms with van der Waals surface area (Å²) >= 11 is 0. The maximum atomic E-state index is 5.97. The van der Waals surface area contributed by atoms with Crippen LogP contribution in [0.1, 0.15) is 50.6 Å². The monoisotopic (exact) mass is 356 g/mol. The quantitative estimate of drug-likeness (QED) is 0.871. The average Bonchev–Trinajstić information content (AvgIpc) is 2.59. The molecule has 4 fully saturated rings. The lowest BCUT2D eigenvalue weighted by atomic mass is 9.52. The van der Waals surface area contributed by atoms with Crippen molar-refractivity contribution in [3.8, 4) is 0 Å². The molecule has 1 spiro atoms. The number of aromatic nitrogens is 1. The van der Waals surface area contributed by atoms with Crippen LogP contribution in [0.25, 0.3) is 0 Å². The molecule has 5 heteroatoms. The third-order valence-electron chi connectivity index (χ3n) is 7.22. The molecule has 1 aromatic rings. The zero-order valence-electron chi connectivity index (χ0n) is 15.9. The van der Waals surface area contributed by atoms with Gasteiger partial charge in [-0.15, -0.1) is 0 Å². The summed E-state index contributed by atoms with van der Waals surface area (Å²) in [5.41, 5.74) is 8.87. The Balaban J connectivity index is 1.20. The molecule has 2 saturated heterocycles. The molecule has 5 nitrogen and oxygen atoms in total. The number of hydrogen-bond acceptors (Lipinski definition) is 5. The Morgan fingerprint density at radius 2 is 2.08 bits per heavy atom. The van der Waals surface area contributed by atoms with Gasteiger partial charge in [0.1, 0.15) is 5.82 Å². The van der Waals surface area contributed by atoms with E-state index in [-0.39, 0.29) is 0 Å². The summed E-state index contributed by atoms with van der Waals surface area (Å²) < 4.78 is 5.94. The highest BCUT2D eigenvalue weighted by Gasteiger charge is 2.51. The van der Waals surface area contributed by atoms with E-state index in [0.29, 0.717) is 29.5 Å². The molecular formula is C21H32N4O. The van der Waals surface area contributed by atoms with E-state index in [9.17, 15) is 0 Å². The molecular weight excluding hydrogens is 324 g/mol. The SMILES string of the molecule is Cc1nc(N2CC[C@H]3OCCC[C@@H]3C2)ccc1NC1CC2(CC(N)C2)C1. The van der Waals surface area contributed by atoms with Crippen LogP contribution in [0.3, 0.4) is 0 Å². The first-order valence-corrected chi connectivity index (χ1v) is 10.5. The minimum Gasteiger partial charge on any atom is -0.381 e. The first-order chi connectivity index (χ1) is 12.6. The highest BCUT2D eigenvalue weighted by molar-refractivity contribution is 5.54. The van der Waals surface area contributed by atoms with Crippen molar-refractivity contribution in [1.82, 2.24) is 4.98 Å². The number of anilines is 2. The Hall–Kier alpha value is -1.33. The van der Waals surface area contributed by atoms with Crippen molar-refractivity contribution in [2.24, 2.45) is 17.1 Å². The summed E-state index contributed by atoms with van der Waals surface area (Å²) in [5, 5.41) is 3.72. The highest BCUT2D eigenvalue weighted by Crippen LogP contribution is 2.55. The first-order valence-electron chi connectivity index (χ1n) is 10.5. The van der Waals surface area contributed by atoms with Gasteiger partial charge in [-0.3, -0.25) is 0 Å². The maximum absolute atomic E-state index is 5.97. The molecule has 2 atom stereocenters. The maximum Gasteiger partial charge on any atom is 0.128 e. The second-order valence-corrected chi connectivity index (χ2v) is 9.27. The number of pyridine rings is 1. The van der Waals surface area contributed by atoms with Gasteiger partial charge in [-0.05, 0) is 69.4 Å². The molecule has 0 radical (unpaired) electrons. The average molecular weight is 357 g/mol. The van der Waals surface area contributed by atoms with Crippen molar-refractivity contribution in [2.75, 3.05) is 29.9 Å². The van der Waals surface area contributed by atoms with E-state index in [1.54, 1.807) is 0 Å². The Morgan fingerprint density at radius 3 is 2.85 bits per heavy atom. The van der Waals surface area contributed by atoms with Crippen molar-refractivity contribution in [1.29, 1.82) is 0 Å². The van der Waals surface area contributed by atoms with Crippen LogP contribution in [0, 0.1) is 18.3 Å². The van der Waals surface area contributed by atoms with Crippen LogP contribution in [-0.4, -0.2) is 42.9 Å². The highest BCUT2D eigenvalue weighted by atomic mass is 16.5. The van der Waals surface area contributed by atoms with E-state index in [0.717, 1.165) is 37.6 Å². The van der Waals surface area contributed by atoms with Crippen LogP contribution >= 0.6 is 0 Å². The van der Waals surface area contributed by atoms with E-state index in [1.165, 1.54) is 44.2 Å². The van der Waals surface area contributed by atoms with Crippen molar-refractivity contribution >= 4 is 11.5 Å². The van der Waals surface area contributed by atoms with E-state index in [2.05, 4.69) is 29.3 Å². The number of rotatable bonds is 3. The third-order valence-corrected chi connectivity index (χ3v) is 7.22. The fraction of sp³-hybridized carbons (Fsp3) is 0.762. The Labute approximate surface area is 156 Å². The van der Waals surface area contributed by atoms with Crippen LogP contribution in [-0.2, 0) is 4.74 Å². The van der Waals surface area contributed by atoms with Crippen LogP contribution in [0.4, 0.5) is 11.5 Å². The number of hydrogen-bond donors (Lipinski definition) is 2. The van der Waals surface area contributed by atoms with Crippen LogP contribution in [0.5, 0.6) is 0 Å². The Morgan fingerprint density at radius 1 is 1.23 bits per heavy atom. The van der Waals surface area contributed by atoms with Gasteiger partial charge in [0.05, 0.1) is 17.5 Å². The molecule has 2 aliphatic heterocycles. The van der Waals surface area contributed by atoms with E-state index in [4.69, 9.17) is 15.5 Å². The van der Waals surface area contributed by atoms with Crippen molar-refractivity contribution in [3.05, 3.63) is 17.8 Å². The molecule has 2 saturated carbocycles. The van der Waals surface area contributed by atoms with Gasteiger partial charge < -0.3 is 20.7 Å². The summed E-state index contributed by atoms with van der Waals surface area (Å²) in [4.78, 5) is 7.39. The molecule has 2 aliphatic carbocycles. The zero-order chi connectivity index (χ0) is 17.7. The zero-order valence-corrected chi connectivity index (χ0v) is 15.9. The Kier molecular flexibility index (Phi) is 4.13. The molecule has 1 aromatic heterocycles. The van der Waals surface area contributed by atoms with Gasteiger partial charge in [0.25, 0.3) is 0 Å². The van der Waals surface area contributed by atoms with Gasteiger partial charge in [0.15, 0.2) is 0 Å². The van der Waals surface area contributed by atoms with Gasteiger partial charge in [-0.25, -0.2) is 4.98 Å². The van der Waals surface area contributed by atoms with Crippen molar-refractivity contribution in [3.63, 3.8) is 0 Å². The second kappa shape index (κ2) is 6.38. The minimum atomic E-state index is 0.456. The molecule has 26 heavy (non-hydrogen) atoms. The number of nitrogens with two attached hydrogens (primary N) is 1. The molecule has 5 rings (SSSR count). The Bertz CT molecular complexity index is 664. The van der Waals surface area contributed by atoms with Gasteiger partial charge >= 0.3 is 0 Å². The molecule has 0 amide bonds. The molecule has 3 heterocycles. The predicted octanol–water partition coefficient (Wildman–Crippen LogP) is 3.08. The second-order valence-electron chi connectivity index (χ2n) is 9.27. The number of piperidine rings is 1. The van der Waals surface area contributed by atoms with Gasteiger partial charge in [-0.2, -0.15) is 0 Å². The number of fused-ring (bicyclic) bond motifs is 1. The summed E-state index contributed by atoms with van der Waals surface area (Å²) in [6.07, 6.45) is 9.12. The van der Waals surface area contributed by atoms with E-state index in [1.807, 2.05) is 0 Å². The van der Waals surface area contributed by atoms with Crippen molar-refractivity contribution < 1.29 is 4.74 Å². The summed E-state index contributed by atoms with van der Waals surface area (Å²) in [7, 11) is 0. The van der Waals surface area contributed by atoms with Gasteiger partial charge in [-0.1, -0.05) is 0 Å². The molecule has 0 bridgehead atoms. The van der Waals surface area contributed by atoms with E-state index < -0.39 is 0 Å². The molecule has 0 unspecified atom stereocenters. The lowest BCUT2D eigenvalue weighted by Gasteiger charge is -2.57. The predicted molar refractivity (Wildman–Crippen MR) is 105 cm³/mol. The number of aryl methyl sites for hydroxylation is 1. The lowest BCUT2D eigenvalue weighted by Crippen LogP contribution is -2.57. The normalized spacial score (nSPS) is 39.1. The fourth-order valence-electron chi connectivity index (χ4n) is 5.87. The number of nitrogens with one attached hydrogen (secondary N) is 1. The fourth-order valence-corrected chi connectivity index (χ4v) is 5.87. The summed E-state index contributed by atoms with van der Waals surface area (Å²) in [6, 6.07) is 5.49. The summed E-state index contributed by atoms with van der Waals surface area (Å²) in [5.74, 6) is 1.81. The van der Waals surface area contributed by atoms with E-state index >= 15 is 0 Å². The van der Waals surface area contributed by atoms with Gasteiger partial charge in [0, 0.05) is 37.7 Å². The number of nitrogens with zero attached hydrogens (tertiary/aromatic N) is 2. The molecule has 142 valence electrons. The van der Waals surface area contributed by atoms with Crippen LogP contribution in [0.2, 0.25) is 0 Å². The largest absolute Gasteiger partial charge is 0.381 e. The van der Waals surface area contributed by atoms with Crippen molar-refractivity contribution in [2.45, 2.75) is 70.1 Å². The topological polar surface area (TPSA) is 63.4 Å². The first kappa shape index (κ1) is 16.8. The van der Waals surface area contributed by atoms with Crippen LogP contribution in [0.15, 0.2) is 12.1 Å². The number of ether oxygens (including phenoxy) is 1. The minimum absolute atomic E-state index is 0.456. The third kappa shape index (κ3) is 2.99. The van der Waals surface area contributed by atoms with Gasteiger partial charge in [0.2, 0.25) is 0 Å². The summed E-state index contributed by atoms with van der Waals surface area (Å²) in [6.45, 7) is 5.24. The van der Waals surface area contributed by atoms with Crippen LogP contribution < -0.4 is 16.0 Å². The smallest absolute Gasteiger partial charge is 0.128 e. The molecule has 3 N–H and O–H groups in total. The lowest BCUT2D eigenvalue weighted by molar-refractivity contribution is -0.0358. The molecule has 0 aromatic carbocycles. The standard InChI is InChI=1S/C21H32N4O/c1-14-18(24-17-11-21(12-17)9-16(22)10-21)4-5-20(23-14)25-7-6-19-15(13-25)3-2-8-26-19/h4-5,15-17,19,24H,2-3,6-13,22H2,1H3/t15-,16?,17?,19-,21?/m1/s1. The molecule has 4 aliphatic rings.